The van der Waals surface area contributed by atoms with Gasteiger partial charge in [-0.05, 0) is 75.5 Å². The number of hydrogen-bond donors (Lipinski definition) is 6. The lowest BCUT2D eigenvalue weighted by molar-refractivity contribution is -0.142. The van der Waals surface area contributed by atoms with E-state index in [9.17, 15) is 28.8 Å². The summed E-state index contributed by atoms with van der Waals surface area (Å²) >= 11 is 0. The Kier molecular flexibility index (Phi) is 20.1. The topological polar surface area (TPSA) is 220 Å². The molecule has 3 heterocycles. The Morgan fingerprint density at radius 2 is 1.61 bits per heavy atom. The molecule has 7 unspecified atom stereocenters. The maximum absolute atomic E-state index is 14.7. The smallest absolute Gasteiger partial charge is 0.410 e. The normalized spacial score (nSPS) is 16.7. The van der Waals surface area contributed by atoms with E-state index in [1.54, 1.807) is 46.3 Å². The molecule has 362 valence electrons. The lowest BCUT2D eigenvalue weighted by Crippen LogP contribution is -2.60. The van der Waals surface area contributed by atoms with Gasteiger partial charge in [0.2, 0.25) is 29.5 Å². The van der Waals surface area contributed by atoms with Crippen LogP contribution >= 0.6 is 0 Å². The average molecular weight is 915 g/mol. The zero-order valence-corrected chi connectivity index (χ0v) is 40.6. The SMILES string of the molecule is CCC(C)C(NC(=O)C(NCC(CC(C)C)NC(=O)C(Cc1cnc[nH]1)N(C)C(=O)C(Cc1ccccc1)NC(=O)C1CCCN1C(=O)OC(C)(C)C)C(C)C)C(=O)NCc1ccccn1. The van der Waals surface area contributed by atoms with Crippen LogP contribution in [0.2, 0.25) is 0 Å². The number of pyridine rings is 1. The molecule has 1 saturated heterocycles. The number of amides is 6. The lowest BCUT2D eigenvalue weighted by atomic mass is 9.96. The van der Waals surface area contributed by atoms with Crippen LogP contribution in [0.25, 0.3) is 0 Å². The van der Waals surface area contributed by atoms with Crippen molar-refractivity contribution in [3.63, 3.8) is 0 Å². The van der Waals surface area contributed by atoms with Crippen molar-refractivity contribution < 1.29 is 33.5 Å². The van der Waals surface area contributed by atoms with Gasteiger partial charge in [-0.1, -0.05) is 84.4 Å². The molecular weight excluding hydrogens is 841 g/mol. The molecule has 1 aromatic carbocycles. The van der Waals surface area contributed by atoms with E-state index >= 15 is 0 Å². The van der Waals surface area contributed by atoms with Crippen LogP contribution in [0.15, 0.2) is 67.3 Å². The first-order valence-electron chi connectivity index (χ1n) is 23.4. The molecule has 17 heteroatoms. The van der Waals surface area contributed by atoms with Crippen LogP contribution in [0, 0.1) is 17.8 Å². The van der Waals surface area contributed by atoms with Gasteiger partial charge in [-0.25, -0.2) is 9.78 Å². The highest BCUT2D eigenvalue weighted by atomic mass is 16.6. The highest BCUT2D eigenvalue weighted by Gasteiger charge is 2.40. The minimum atomic E-state index is -1.09. The number of carbonyl (C=O) groups is 6. The molecule has 1 aliphatic heterocycles. The fraction of sp³-hybridized carbons (Fsp3) is 0.592. The highest BCUT2D eigenvalue weighted by molar-refractivity contribution is 5.94. The van der Waals surface area contributed by atoms with Gasteiger partial charge in [0.1, 0.15) is 29.8 Å². The Balaban J connectivity index is 1.54. The average Bonchev–Trinajstić information content (AvgIpc) is 3.99. The molecule has 6 N–H and O–H groups in total. The van der Waals surface area contributed by atoms with E-state index in [2.05, 4.69) is 41.5 Å². The molecule has 17 nitrogen and oxygen atoms in total. The Morgan fingerprint density at radius 1 is 0.894 bits per heavy atom. The quantitative estimate of drug-likeness (QED) is 0.0793. The number of hydrogen-bond acceptors (Lipinski definition) is 10. The molecule has 4 rings (SSSR count). The van der Waals surface area contributed by atoms with Crippen LogP contribution in [0.3, 0.4) is 0 Å². The van der Waals surface area contributed by atoms with Gasteiger partial charge in [0.15, 0.2) is 0 Å². The van der Waals surface area contributed by atoms with Crippen molar-refractivity contribution >= 4 is 35.6 Å². The third-order valence-electron chi connectivity index (χ3n) is 11.8. The van der Waals surface area contributed by atoms with Crippen LogP contribution in [0.4, 0.5) is 4.79 Å². The number of aromatic nitrogens is 3. The third-order valence-corrected chi connectivity index (χ3v) is 11.8. The Bertz CT molecular complexity index is 2010. The van der Waals surface area contributed by atoms with E-state index in [-0.39, 0.29) is 55.5 Å². The molecule has 0 radical (unpaired) electrons. The summed E-state index contributed by atoms with van der Waals surface area (Å²) in [6.07, 6.45) is 6.59. The van der Waals surface area contributed by atoms with Crippen LogP contribution < -0.4 is 26.6 Å². The first-order valence-corrected chi connectivity index (χ1v) is 23.4. The molecule has 0 saturated carbocycles. The van der Waals surface area contributed by atoms with Crippen molar-refractivity contribution in [1.29, 1.82) is 0 Å². The number of likely N-dealkylation sites (tertiary alicyclic amines) is 1. The van der Waals surface area contributed by atoms with Gasteiger partial charge in [-0.2, -0.15) is 0 Å². The summed E-state index contributed by atoms with van der Waals surface area (Å²) in [7, 11) is 1.55. The summed E-state index contributed by atoms with van der Waals surface area (Å²) in [5.41, 5.74) is 1.36. The standard InChI is InChI=1S/C49H74N10O7/c1-11-33(6)42(45(62)53-28-35-20-15-16-22-51-35)57-46(63)41(32(4)5)52-29-37(24-31(2)3)55-44(61)40(26-36-27-50-30-54-36)58(10)47(64)38(25-34-18-13-12-14-19-34)56-43(60)39-21-17-23-59(39)48(65)66-49(7,8)9/h12-16,18-20,22,27,30-33,37-42,52H,11,17,21,23-26,28-29H2,1-10H3,(H,50,54)(H,53,62)(H,55,61)(H,56,60)(H,57,63). The minimum Gasteiger partial charge on any atom is -0.444 e. The zero-order chi connectivity index (χ0) is 48.6. The molecule has 6 amide bonds. The zero-order valence-electron chi connectivity index (χ0n) is 40.6. The van der Waals surface area contributed by atoms with Gasteiger partial charge in [0, 0.05) is 57.1 Å². The monoisotopic (exact) mass is 915 g/mol. The number of imidazole rings is 1. The number of ether oxygens (including phenoxy) is 1. The van der Waals surface area contributed by atoms with Crippen molar-refractivity contribution in [2.45, 2.75) is 149 Å². The van der Waals surface area contributed by atoms with Crippen molar-refractivity contribution in [2.75, 3.05) is 20.1 Å². The van der Waals surface area contributed by atoms with Gasteiger partial charge < -0.3 is 41.2 Å². The van der Waals surface area contributed by atoms with Crippen molar-refractivity contribution in [3.05, 3.63) is 84.2 Å². The second kappa shape index (κ2) is 25.2. The Hall–Kier alpha value is -5.84. The Labute approximate surface area is 390 Å². The molecule has 7 atom stereocenters. The maximum atomic E-state index is 14.7. The minimum absolute atomic E-state index is 0.0907. The third kappa shape index (κ3) is 16.2. The number of nitrogens with one attached hydrogen (secondary N) is 6. The summed E-state index contributed by atoms with van der Waals surface area (Å²) < 4.78 is 5.60. The summed E-state index contributed by atoms with van der Waals surface area (Å²) in [6, 6.07) is 9.83. The second-order valence-electron chi connectivity index (χ2n) is 19.2. The molecule has 2 aromatic heterocycles. The van der Waals surface area contributed by atoms with Crippen molar-refractivity contribution in [2.24, 2.45) is 17.8 Å². The summed E-state index contributed by atoms with van der Waals surface area (Å²) in [4.78, 5) is 98.2. The fourth-order valence-corrected chi connectivity index (χ4v) is 8.00. The van der Waals surface area contributed by atoms with E-state index in [4.69, 9.17) is 4.74 Å². The molecule has 3 aromatic rings. The summed E-state index contributed by atoms with van der Waals surface area (Å²) in [5.74, 6) is -2.23. The molecule has 0 aliphatic carbocycles. The number of benzene rings is 1. The molecular formula is C49H74N10O7. The molecule has 1 fully saturated rings. The van der Waals surface area contributed by atoms with Gasteiger partial charge in [-0.3, -0.25) is 33.9 Å². The van der Waals surface area contributed by atoms with Crippen molar-refractivity contribution in [3.8, 4) is 0 Å². The van der Waals surface area contributed by atoms with E-state index in [1.807, 2.05) is 84.0 Å². The number of carbonyl (C=O) groups excluding carboxylic acids is 6. The summed E-state index contributed by atoms with van der Waals surface area (Å²) in [5, 5.41) is 15.4. The van der Waals surface area contributed by atoms with Gasteiger partial charge in [-0.15, -0.1) is 0 Å². The lowest BCUT2D eigenvalue weighted by Gasteiger charge is -2.34. The van der Waals surface area contributed by atoms with Gasteiger partial charge >= 0.3 is 6.09 Å². The van der Waals surface area contributed by atoms with Crippen LogP contribution in [-0.4, -0.2) is 122 Å². The molecule has 1 aliphatic rings. The second-order valence-corrected chi connectivity index (χ2v) is 19.2. The predicted octanol–water partition coefficient (Wildman–Crippen LogP) is 4.29. The number of rotatable bonds is 23. The number of aromatic amines is 1. The summed E-state index contributed by atoms with van der Waals surface area (Å²) in [6.45, 7) is 17.9. The largest absolute Gasteiger partial charge is 0.444 e. The molecule has 66 heavy (non-hydrogen) atoms. The van der Waals surface area contributed by atoms with E-state index in [1.165, 1.54) is 16.1 Å². The van der Waals surface area contributed by atoms with Crippen molar-refractivity contribution in [1.82, 2.24) is 51.3 Å². The van der Waals surface area contributed by atoms with E-state index in [0.717, 1.165) is 5.56 Å². The first kappa shape index (κ1) is 52.8. The maximum Gasteiger partial charge on any atom is 0.410 e. The van der Waals surface area contributed by atoms with E-state index in [0.29, 0.717) is 43.6 Å². The van der Waals surface area contributed by atoms with Gasteiger partial charge in [0.25, 0.3) is 0 Å². The highest BCUT2D eigenvalue weighted by Crippen LogP contribution is 2.22. The molecule has 0 spiro atoms. The van der Waals surface area contributed by atoms with Crippen LogP contribution in [0.1, 0.15) is 105 Å². The molecule has 0 bridgehead atoms. The van der Waals surface area contributed by atoms with Crippen LogP contribution in [0.5, 0.6) is 0 Å². The number of nitrogens with zero attached hydrogens (tertiary/aromatic N) is 4. The number of likely N-dealkylation sites (N-methyl/N-ethyl adjacent to an activating group) is 1. The first-order chi connectivity index (χ1) is 31.3. The van der Waals surface area contributed by atoms with E-state index < -0.39 is 65.7 Å². The Morgan fingerprint density at radius 3 is 2.21 bits per heavy atom. The van der Waals surface area contributed by atoms with Gasteiger partial charge in [0.05, 0.1) is 24.6 Å². The predicted molar refractivity (Wildman–Crippen MR) is 252 cm³/mol. The fourth-order valence-electron chi connectivity index (χ4n) is 8.00. The van der Waals surface area contributed by atoms with Crippen LogP contribution in [-0.2, 0) is 48.1 Å². The number of H-pyrrole nitrogens is 1.